The molecule has 0 aromatic rings. The van der Waals surface area contributed by atoms with Gasteiger partial charge in [0.2, 0.25) is 0 Å². The van der Waals surface area contributed by atoms with Crippen LogP contribution in [0.5, 0.6) is 0 Å². The van der Waals surface area contributed by atoms with Crippen molar-refractivity contribution in [3.05, 3.63) is 0 Å². The van der Waals surface area contributed by atoms with Crippen LogP contribution in [0.2, 0.25) is 0 Å². The van der Waals surface area contributed by atoms with E-state index in [9.17, 15) is 21.6 Å². The monoisotopic (exact) mass is 441 g/mol. The van der Waals surface area contributed by atoms with Crippen LogP contribution in [0.15, 0.2) is 4.99 Å². The Morgan fingerprint density at radius 3 is 2.28 bits per heavy atom. The lowest BCUT2D eigenvalue weighted by molar-refractivity contribution is -0.0496. The van der Waals surface area contributed by atoms with Crippen molar-refractivity contribution in [1.29, 1.82) is 0 Å². The van der Waals surface area contributed by atoms with Gasteiger partial charge in [-0.1, -0.05) is 19.3 Å². The molecule has 0 aromatic heterocycles. The largest absolute Gasteiger partial charge is 0.511 e. The number of nitrogens with zero attached hydrogens (tertiary/aromatic N) is 3. The number of sulfonamides is 1. The lowest BCUT2D eigenvalue weighted by Gasteiger charge is -2.32. The number of alkyl halides is 3. The van der Waals surface area contributed by atoms with E-state index in [2.05, 4.69) is 27.6 Å². The SMILES string of the molecule is CN=C(NCCN(C)C1CCCCC1)NCC1CCN(S(=O)(=O)C(F)(F)F)CC1. The van der Waals surface area contributed by atoms with Crippen molar-refractivity contribution in [2.45, 2.75) is 56.5 Å². The molecule has 1 saturated heterocycles. The molecule has 1 heterocycles. The Morgan fingerprint density at radius 1 is 1.10 bits per heavy atom. The van der Waals surface area contributed by atoms with Crippen LogP contribution >= 0.6 is 0 Å². The minimum absolute atomic E-state index is 0.105. The summed E-state index contributed by atoms with van der Waals surface area (Å²) in [5.74, 6) is 0.769. The van der Waals surface area contributed by atoms with E-state index in [1.165, 1.54) is 32.1 Å². The fourth-order valence-corrected chi connectivity index (χ4v) is 5.00. The maximum atomic E-state index is 12.6. The van der Waals surface area contributed by atoms with Crippen LogP contribution < -0.4 is 10.6 Å². The summed E-state index contributed by atoms with van der Waals surface area (Å²) in [7, 11) is -1.39. The Labute approximate surface area is 172 Å². The number of piperidine rings is 1. The molecule has 1 aliphatic heterocycles. The van der Waals surface area contributed by atoms with Gasteiger partial charge in [-0.05, 0) is 38.6 Å². The summed E-state index contributed by atoms with van der Waals surface area (Å²) in [5, 5.41) is 6.48. The maximum Gasteiger partial charge on any atom is 0.511 e. The van der Waals surface area contributed by atoms with Crippen LogP contribution in [0.25, 0.3) is 0 Å². The van der Waals surface area contributed by atoms with Gasteiger partial charge in [-0.3, -0.25) is 4.99 Å². The first kappa shape index (κ1) is 24.2. The van der Waals surface area contributed by atoms with Gasteiger partial charge in [-0.15, -0.1) is 0 Å². The molecule has 0 spiro atoms. The zero-order chi connectivity index (χ0) is 21.5. The number of rotatable bonds is 7. The standard InChI is InChI=1S/C18H34F3N5O2S/c1-22-17(23-10-13-25(2)16-6-4-3-5-7-16)24-14-15-8-11-26(12-9-15)29(27,28)18(19,20)21/h15-16H,3-14H2,1-2H3,(H2,22,23,24). The zero-order valence-corrected chi connectivity index (χ0v) is 18.2. The van der Waals surface area contributed by atoms with Gasteiger partial charge in [-0.2, -0.15) is 17.5 Å². The van der Waals surface area contributed by atoms with Gasteiger partial charge in [0.05, 0.1) is 0 Å². The predicted octanol–water partition coefficient (Wildman–Crippen LogP) is 1.98. The van der Waals surface area contributed by atoms with Gasteiger partial charge in [0, 0.05) is 45.8 Å². The minimum Gasteiger partial charge on any atom is -0.356 e. The molecule has 0 atom stereocenters. The van der Waals surface area contributed by atoms with Crippen LogP contribution in [0.1, 0.15) is 44.9 Å². The second-order valence-corrected chi connectivity index (χ2v) is 9.87. The van der Waals surface area contributed by atoms with Crippen molar-refractivity contribution in [1.82, 2.24) is 19.8 Å². The van der Waals surface area contributed by atoms with E-state index in [4.69, 9.17) is 0 Å². The van der Waals surface area contributed by atoms with Crippen molar-refractivity contribution in [2.75, 3.05) is 46.8 Å². The third-order valence-corrected chi connectivity index (χ3v) is 7.57. The molecule has 0 bridgehead atoms. The molecular formula is C18H34F3N5O2S. The minimum atomic E-state index is -5.23. The molecule has 0 aromatic carbocycles. The van der Waals surface area contributed by atoms with Gasteiger partial charge >= 0.3 is 15.5 Å². The molecule has 1 aliphatic carbocycles. The summed E-state index contributed by atoms with van der Waals surface area (Å²) in [4.78, 5) is 6.57. The van der Waals surface area contributed by atoms with Crippen molar-refractivity contribution in [2.24, 2.45) is 10.9 Å². The van der Waals surface area contributed by atoms with Crippen LogP contribution in [-0.2, 0) is 10.0 Å². The zero-order valence-electron chi connectivity index (χ0n) is 17.3. The highest BCUT2D eigenvalue weighted by Gasteiger charge is 2.50. The van der Waals surface area contributed by atoms with Crippen molar-refractivity contribution in [3.63, 3.8) is 0 Å². The highest BCUT2D eigenvalue weighted by Crippen LogP contribution is 2.30. The van der Waals surface area contributed by atoms with E-state index >= 15 is 0 Å². The predicted molar refractivity (Wildman–Crippen MR) is 108 cm³/mol. The topological polar surface area (TPSA) is 77.0 Å². The maximum absolute atomic E-state index is 12.6. The first-order chi connectivity index (χ1) is 13.6. The van der Waals surface area contributed by atoms with E-state index in [1.54, 1.807) is 7.05 Å². The lowest BCUT2D eigenvalue weighted by atomic mass is 9.94. The summed E-state index contributed by atoms with van der Waals surface area (Å²) in [6.07, 6.45) is 7.23. The Kier molecular flexibility index (Phi) is 9.02. The summed E-state index contributed by atoms with van der Waals surface area (Å²) in [6, 6.07) is 0.652. The highest BCUT2D eigenvalue weighted by molar-refractivity contribution is 7.90. The fraction of sp³-hybridized carbons (Fsp3) is 0.944. The molecule has 2 rings (SSSR count). The molecule has 2 N–H and O–H groups in total. The molecular weight excluding hydrogens is 407 g/mol. The van der Waals surface area contributed by atoms with E-state index in [0.29, 0.717) is 35.7 Å². The second-order valence-electron chi connectivity index (χ2n) is 7.95. The smallest absolute Gasteiger partial charge is 0.356 e. The van der Waals surface area contributed by atoms with Crippen LogP contribution in [-0.4, -0.2) is 82.0 Å². The third kappa shape index (κ3) is 6.99. The number of halogens is 3. The van der Waals surface area contributed by atoms with Crippen LogP contribution in [0, 0.1) is 5.92 Å². The number of nitrogens with one attached hydrogen (secondary N) is 2. The summed E-state index contributed by atoms with van der Waals surface area (Å²) in [6.45, 7) is 2.02. The van der Waals surface area contributed by atoms with Gasteiger partial charge in [0.25, 0.3) is 0 Å². The molecule has 2 aliphatic rings. The fourth-order valence-electron chi connectivity index (χ4n) is 4.02. The van der Waals surface area contributed by atoms with E-state index in [0.717, 1.165) is 13.1 Å². The Morgan fingerprint density at radius 2 is 1.72 bits per heavy atom. The average molecular weight is 442 g/mol. The number of likely N-dealkylation sites (N-methyl/N-ethyl adjacent to an activating group) is 1. The number of hydrogen-bond donors (Lipinski definition) is 2. The van der Waals surface area contributed by atoms with E-state index in [1.807, 2.05) is 0 Å². The number of aliphatic imine (C=N–C) groups is 1. The normalized spacial score (nSPS) is 21.5. The molecule has 170 valence electrons. The summed E-state index contributed by atoms with van der Waals surface area (Å²) >= 11 is 0. The van der Waals surface area contributed by atoms with Crippen LogP contribution in [0.3, 0.4) is 0 Å². The average Bonchev–Trinajstić information content (AvgIpc) is 2.70. The number of hydrogen-bond acceptors (Lipinski definition) is 4. The van der Waals surface area contributed by atoms with Crippen molar-refractivity contribution < 1.29 is 21.6 Å². The molecule has 29 heavy (non-hydrogen) atoms. The molecule has 0 unspecified atom stereocenters. The molecule has 11 heteroatoms. The van der Waals surface area contributed by atoms with Crippen molar-refractivity contribution in [3.8, 4) is 0 Å². The highest BCUT2D eigenvalue weighted by atomic mass is 32.2. The van der Waals surface area contributed by atoms with E-state index in [-0.39, 0.29) is 19.0 Å². The first-order valence-electron chi connectivity index (χ1n) is 10.4. The molecule has 0 amide bonds. The van der Waals surface area contributed by atoms with Gasteiger partial charge in [0.1, 0.15) is 0 Å². The summed E-state index contributed by atoms with van der Waals surface area (Å²) in [5.41, 5.74) is -5.23. The molecule has 7 nitrogen and oxygen atoms in total. The van der Waals surface area contributed by atoms with Gasteiger partial charge in [-0.25, -0.2) is 8.42 Å². The van der Waals surface area contributed by atoms with Crippen molar-refractivity contribution >= 4 is 16.0 Å². The molecule has 0 radical (unpaired) electrons. The first-order valence-corrected chi connectivity index (χ1v) is 11.8. The van der Waals surface area contributed by atoms with Gasteiger partial charge in [0.15, 0.2) is 5.96 Å². The summed E-state index contributed by atoms with van der Waals surface area (Å²) < 4.78 is 61.4. The van der Waals surface area contributed by atoms with Crippen LogP contribution in [0.4, 0.5) is 13.2 Å². The third-order valence-electron chi connectivity index (χ3n) is 5.94. The van der Waals surface area contributed by atoms with E-state index < -0.39 is 15.5 Å². The Bertz CT molecular complexity index is 628. The quantitative estimate of drug-likeness (QED) is 0.467. The molecule has 1 saturated carbocycles. The Balaban J connectivity index is 1.67. The Hall–Kier alpha value is -1.07. The second kappa shape index (κ2) is 10.8. The molecule has 2 fully saturated rings. The lowest BCUT2D eigenvalue weighted by Crippen LogP contribution is -2.48. The van der Waals surface area contributed by atoms with Gasteiger partial charge < -0.3 is 15.5 Å². The number of guanidine groups is 1.